The maximum Gasteiger partial charge on any atom is 0.205 e. The molecule has 2 aromatic rings. The summed E-state index contributed by atoms with van der Waals surface area (Å²) in [4.78, 5) is 9.16. The third kappa shape index (κ3) is 2.50. The van der Waals surface area contributed by atoms with E-state index < -0.39 is 6.23 Å². The maximum atomic E-state index is 10.7. The Labute approximate surface area is 147 Å². The zero-order valence-corrected chi connectivity index (χ0v) is 14.5. The molecule has 1 atom stereocenters. The van der Waals surface area contributed by atoms with E-state index in [1.54, 1.807) is 0 Å². The summed E-state index contributed by atoms with van der Waals surface area (Å²) in [5, 5.41) is 20.1. The molecule has 25 heavy (non-hydrogen) atoms. The normalized spacial score (nSPS) is 19.2. The quantitative estimate of drug-likeness (QED) is 0.866. The van der Waals surface area contributed by atoms with Gasteiger partial charge in [-0.1, -0.05) is 6.08 Å². The lowest BCUT2D eigenvalue weighted by Crippen LogP contribution is -2.11. The van der Waals surface area contributed by atoms with Crippen LogP contribution in [0.2, 0.25) is 0 Å². The fraction of sp³-hybridized carbons (Fsp3) is 0.350. The van der Waals surface area contributed by atoms with E-state index >= 15 is 0 Å². The molecule has 2 aliphatic rings. The van der Waals surface area contributed by atoms with Crippen LogP contribution in [0.1, 0.15) is 60.3 Å². The van der Waals surface area contributed by atoms with Gasteiger partial charge in [0, 0.05) is 11.3 Å². The molecule has 2 heterocycles. The molecule has 1 aromatic heterocycles. The van der Waals surface area contributed by atoms with Crippen LogP contribution in [0.3, 0.4) is 0 Å². The number of hydrogen-bond donors (Lipinski definition) is 1. The van der Waals surface area contributed by atoms with Crippen LogP contribution in [0, 0.1) is 25.2 Å². The smallest absolute Gasteiger partial charge is 0.205 e. The SMILES string of the molecule is Cc1nc2n(c1C)-c1ccc(C#N)cc1C(C1=CCCCC1)=NC2O. The summed E-state index contributed by atoms with van der Waals surface area (Å²) in [5.74, 6) is 0.535. The van der Waals surface area contributed by atoms with Gasteiger partial charge >= 0.3 is 0 Å². The highest BCUT2D eigenvalue weighted by molar-refractivity contribution is 6.15. The number of hydrogen-bond acceptors (Lipinski definition) is 4. The summed E-state index contributed by atoms with van der Waals surface area (Å²) < 4.78 is 1.97. The summed E-state index contributed by atoms with van der Waals surface area (Å²) >= 11 is 0. The minimum atomic E-state index is -1.01. The van der Waals surface area contributed by atoms with E-state index in [1.165, 1.54) is 6.42 Å². The summed E-state index contributed by atoms with van der Waals surface area (Å²) in [6, 6.07) is 7.83. The standard InChI is InChI=1S/C20H20N4O/c1-12-13(2)24-17-9-8-14(11-21)10-16(17)18(15-6-4-3-5-7-15)23-20(25)19(24)22-12/h6,8-10,20,25H,3-5,7H2,1-2H3. The Morgan fingerprint density at radius 3 is 2.84 bits per heavy atom. The summed E-state index contributed by atoms with van der Waals surface area (Å²) in [6.07, 6.45) is 5.48. The molecule has 0 radical (unpaired) electrons. The topological polar surface area (TPSA) is 74.2 Å². The van der Waals surface area contributed by atoms with E-state index in [9.17, 15) is 10.4 Å². The molecule has 1 aromatic carbocycles. The Kier molecular flexibility index (Phi) is 3.78. The Morgan fingerprint density at radius 2 is 2.12 bits per heavy atom. The van der Waals surface area contributed by atoms with Crippen molar-refractivity contribution < 1.29 is 5.11 Å². The van der Waals surface area contributed by atoms with Crippen molar-refractivity contribution in [3.63, 3.8) is 0 Å². The number of aliphatic imine (C=N–C) groups is 1. The highest BCUT2D eigenvalue weighted by atomic mass is 16.3. The van der Waals surface area contributed by atoms with Gasteiger partial charge in [-0.15, -0.1) is 0 Å². The van der Waals surface area contributed by atoms with Gasteiger partial charge in [0.1, 0.15) is 0 Å². The Bertz CT molecular complexity index is 959. The summed E-state index contributed by atoms with van der Waals surface area (Å²) in [7, 11) is 0. The Hall–Kier alpha value is -2.71. The minimum absolute atomic E-state index is 0.535. The van der Waals surface area contributed by atoms with Gasteiger partial charge in [-0.2, -0.15) is 5.26 Å². The molecule has 5 heteroatoms. The lowest BCUT2D eigenvalue weighted by atomic mass is 9.91. The maximum absolute atomic E-state index is 10.7. The van der Waals surface area contributed by atoms with Crippen LogP contribution in [0.4, 0.5) is 0 Å². The summed E-state index contributed by atoms with van der Waals surface area (Å²) in [5.41, 5.74) is 6.22. The number of aromatic nitrogens is 2. The van der Waals surface area contributed by atoms with Crippen molar-refractivity contribution in [1.29, 1.82) is 5.26 Å². The van der Waals surface area contributed by atoms with Gasteiger partial charge < -0.3 is 5.11 Å². The van der Waals surface area contributed by atoms with Crippen molar-refractivity contribution in [2.24, 2.45) is 4.99 Å². The van der Waals surface area contributed by atoms with E-state index in [1.807, 2.05) is 36.6 Å². The fourth-order valence-corrected chi connectivity index (χ4v) is 3.66. The van der Waals surface area contributed by atoms with E-state index in [0.717, 1.165) is 53.2 Å². The number of fused-ring (bicyclic) bond motifs is 3. The molecule has 1 unspecified atom stereocenters. The number of nitriles is 1. The number of allylic oxidation sites excluding steroid dienone is 2. The second kappa shape index (κ2) is 5.98. The lowest BCUT2D eigenvalue weighted by molar-refractivity contribution is 0.177. The Balaban J connectivity index is 2.02. The Morgan fingerprint density at radius 1 is 1.28 bits per heavy atom. The first-order valence-electron chi connectivity index (χ1n) is 8.66. The molecule has 1 aliphatic carbocycles. The van der Waals surface area contributed by atoms with Crippen molar-refractivity contribution >= 4 is 5.71 Å². The van der Waals surface area contributed by atoms with Crippen molar-refractivity contribution in [3.8, 4) is 11.8 Å². The molecule has 4 rings (SSSR count). The average Bonchev–Trinajstić information content (AvgIpc) is 2.88. The van der Waals surface area contributed by atoms with Crippen LogP contribution >= 0.6 is 0 Å². The van der Waals surface area contributed by atoms with Crippen LogP contribution < -0.4 is 0 Å². The van der Waals surface area contributed by atoms with Crippen molar-refractivity contribution in [2.45, 2.75) is 45.8 Å². The molecule has 0 spiro atoms. The molecule has 0 saturated carbocycles. The molecule has 0 bridgehead atoms. The number of imidazole rings is 1. The zero-order chi connectivity index (χ0) is 17.6. The van der Waals surface area contributed by atoms with Gasteiger partial charge in [-0.3, -0.25) is 4.57 Å². The van der Waals surface area contributed by atoms with Gasteiger partial charge in [-0.05, 0) is 63.3 Å². The number of nitrogens with zero attached hydrogens (tertiary/aromatic N) is 4. The number of benzene rings is 1. The van der Waals surface area contributed by atoms with Crippen LogP contribution in [-0.2, 0) is 0 Å². The van der Waals surface area contributed by atoms with Crippen LogP contribution in [0.15, 0.2) is 34.8 Å². The van der Waals surface area contributed by atoms with Gasteiger partial charge in [0.2, 0.25) is 6.23 Å². The first kappa shape index (κ1) is 15.8. The van der Waals surface area contributed by atoms with Gasteiger partial charge in [-0.25, -0.2) is 9.98 Å². The van der Waals surface area contributed by atoms with Gasteiger partial charge in [0.25, 0.3) is 0 Å². The predicted molar refractivity (Wildman–Crippen MR) is 95.8 cm³/mol. The van der Waals surface area contributed by atoms with Crippen molar-refractivity contribution in [2.75, 3.05) is 0 Å². The van der Waals surface area contributed by atoms with E-state index in [4.69, 9.17) is 0 Å². The molecule has 0 saturated heterocycles. The highest BCUT2D eigenvalue weighted by Gasteiger charge is 2.28. The fourth-order valence-electron chi connectivity index (χ4n) is 3.66. The van der Waals surface area contributed by atoms with Crippen LogP contribution in [0.5, 0.6) is 0 Å². The van der Waals surface area contributed by atoms with Crippen molar-refractivity contribution in [1.82, 2.24) is 9.55 Å². The molecular weight excluding hydrogens is 312 g/mol. The molecule has 5 nitrogen and oxygen atoms in total. The number of aliphatic hydroxyl groups excluding tert-OH is 1. The van der Waals surface area contributed by atoms with E-state index in [0.29, 0.717) is 11.4 Å². The van der Waals surface area contributed by atoms with Crippen molar-refractivity contribution in [3.05, 3.63) is 58.2 Å². The van der Waals surface area contributed by atoms with Crippen LogP contribution in [0.25, 0.3) is 5.69 Å². The van der Waals surface area contributed by atoms with Gasteiger partial charge in [0.05, 0.1) is 28.7 Å². The number of aliphatic hydroxyl groups is 1. The molecule has 1 aliphatic heterocycles. The van der Waals surface area contributed by atoms with E-state index in [2.05, 4.69) is 22.1 Å². The van der Waals surface area contributed by atoms with Crippen LogP contribution in [-0.4, -0.2) is 20.4 Å². The minimum Gasteiger partial charge on any atom is -0.365 e. The lowest BCUT2D eigenvalue weighted by Gasteiger charge is -2.17. The third-order valence-corrected chi connectivity index (χ3v) is 5.07. The molecule has 126 valence electrons. The highest BCUT2D eigenvalue weighted by Crippen LogP contribution is 2.34. The monoisotopic (exact) mass is 332 g/mol. The third-order valence-electron chi connectivity index (χ3n) is 5.07. The molecular formula is C20H20N4O. The second-order valence-corrected chi connectivity index (χ2v) is 6.65. The second-order valence-electron chi connectivity index (χ2n) is 6.65. The average molecular weight is 332 g/mol. The summed E-state index contributed by atoms with van der Waals surface area (Å²) in [6.45, 7) is 3.92. The largest absolute Gasteiger partial charge is 0.365 e. The van der Waals surface area contributed by atoms with E-state index in [-0.39, 0.29) is 0 Å². The predicted octanol–water partition coefficient (Wildman–Crippen LogP) is 3.65. The molecule has 0 fully saturated rings. The molecule has 0 amide bonds. The first-order chi connectivity index (χ1) is 12.1. The first-order valence-corrected chi connectivity index (χ1v) is 8.66. The molecule has 1 N–H and O–H groups in total. The van der Waals surface area contributed by atoms with Gasteiger partial charge in [0.15, 0.2) is 5.82 Å². The zero-order valence-electron chi connectivity index (χ0n) is 14.5. The number of rotatable bonds is 1. The number of aryl methyl sites for hydroxylation is 1.